The van der Waals surface area contributed by atoms with E-state index in [-0.39, 0.29) is 0 Å². The average molecular weight is 281 g/mol. The Morgan fingerprint density at radius 3 is 2.55 bits per heavy atom. The van der Waals surface area contributed by atoms with Gasteiger partial charge in [0.25, 0.3) is 0 Å². The van der Waals surface area contributed by atoms with Crippen molar-refractivity contribution in [3.63, 3.8) is 0 Å². The molecule has 2 saturated heterocycles. The highest BCUT2D eigenvalue weighted by Gasteiger charge is 2.25. The van der Waals surface area contributed by atoms with Crippen molar-refractivity contribution < 1.29 is 4.79 Å². The van der Waals surface area contributed by atoms with Crippen LogP contribution in [0.2, 0.25) is 0 Å². The minimum atomic E-state index is 0.368. The number of nitrogens with one attached hydrogen (secondary N) is 1. The second-order valence-electron chi connectivity index (χ2n) is 6.51. The van der Waals surface area contributed by atoms with Gasteiger partial charge in [-0.05, 0) is 71.6 Å². The maximum Gasteiger partial charge on any atom is 0.224 e. The maximum absolute atomic E-state index is 12.2. The first kappa shape index (κ1) is 15.8. The lowest BCUT2D eigenvalue weighted by Gasteiger charge is -2.32. The molecular weight excluding hydrogens is 250 g/mol. The molecule has 0 aromatic carbocycles. The van der Waals surface area contributed by atoms with E-state index >= 15 is 0 Å². The van der Waals surface area contributed by atoms with Crippen LogP contribution in [0.1, 0.15) is 45.4 Å². The van der Waals surface area contributed by atoms with Gasteiger partial charge in [0, 0.05) is 25.6 Å². The molecule has 0 aromatic rings. The highest BCUT2D eigenvalue weighted by molar-refractivity contribution is 5.77. The molecule has 1 atom stereocenters. The first-order valence-corrected chi connectivity index (χ1v) is 8.37. The molecule has 2 rings (SSSR count). The third-order valence-corrected chi connectivity index (χ3v) is 5.02. The summed E-state index contributed by atoms with van der Waals surface area (Å²) in [5, 5.41) is 3.24. The SMILES string of the molecule is CNCCC1CCN(CCC(=O)N2CCCC2C)CC1. The van der Waals surface area contributed by atoms with Crippen LogP contribution in [0.5, 0.6) is 0 Å². The monoisotopic (exact) mass is 281 g/mol. The van der Waals surface area contributed by atoms with Crippen LogP contribution in [0.4, 0.5) is 0 Å². The number of rotatable bonds is 6. The number of amides is 1. The van der Waals surface area contributed by atoms with E-state index in [9.17, 15) is 4.79 Å². The van der Waals surface area contributed by atoms with Crippen molar-refractivity contribution in [3.8, 4) is 0 Å². The van der Waals surface area contributed by atoms with Gasteiger partial charge >= 0.3 is 0 Å². The van der Waals surface area contributed by atoms with Crippen molar-refractivity contribution in [2.24, 2.45) is 5.92 Å². The Balaban J connectivity index is 1.62. The van der Waals surface area contributed by atoms with E-state index in [0.717, 1.165) is 25.6 Å². The van der Waals surface area contributed by atoms with Gasteiger partial charge in [0.15, 0.2) is 0 Å². The van der Waals surface area contributed by atoms with Crippen LogP contribution < -0.4 is 5.32 Å². The topological polar surface area (TPSA) is 35.6 Å². The number of piperidine rings is 1. The van der Waals surface area contributed by atoms with Crippen LogP contribution in [-0.2, 0) is 4.79 Å². The summed E-state index contributed by atoms with van der Waals surface area (Å²) in [6.45, 7) is 7.61. The molecule has 2 aliphatic rings. The Labute approximate surface area is 123 Å². The van der Waals surface area contributed by atoms with E-state index in [2.05, 4.69) is 22.0 Å². The predicted octanol–water partition coefficient (Wildman–Crippen LogP) is 1.71. The molecule has 2 fully saturated rings. The van der Waals surface area contributed by atoms with E-state index in [4.69, 9.17) is 0 Å². The van der Waals surface area contributed by atoms with Gasteiger partial charge in [0.05, 0.1) is 0 Å². The molecular formula is C16H31N3O. The Morgan fingerprint density at radius 2 is 1.95 bits per heavy atom. The Morgan fingerprint density at radius 1 is 1.20 bits per heavy atom. The molecule has 0 aromatic heterocycles. The summed E-state index contributed by atoms with van der Waals surface area (Å²) in [5.74, 6) is 1.25. The van der Waals surface area contributed by atoms with E-state index in [1.165, 1.54) is 45.2 Å². The molecule has 1 amide bonds. The molecule has 20 heavy (non-hydrogen) atoms. The van der Waals surface area contributed by atoms with Crippen LogP contribution in [0.15, 0.2) is 0 Å². The van der Waals surface area contributed by atoms with Gasteiger partial charge in [-0.15, -0.1) is 0 Å². The molecule has 0 bridgehead atoms. The molecule has 2 heterocycles. The summed E-state index contributed by atoms with van der Waals surface area (Å²) in [6, 6.07) is 0.467. The smallest absolute Gasteiger partial charge is 0.224 e. The van der Waals surface area contributed by atoms with Gasteiger partial charge in [-0.1, -0.05) is 0 Å². The summed E-state index contributed by atoms with van der Waals surface area (Å²) in [5.41, 5.74) is 0. The van der Waals surface area contributed by atoms with E-state index in [1.807, 2.05) is 7.05 Å². The zero-order chi connectivity index (χ0) is 14.4. The summed E-state index contributed by atoms with van der Waals surface area (Å²) in [4.78, 5) is 16.8. The maximum atomic E-state index is 12.2. The fourth-order valence-corrected chi connectivity index (χ4v) is 3.55. The zero-order valence-corrected chi connectivity index (χ0v) is 13.2. The lowest BCUT2D eigenvalue weighted by Crippen LogP contribution is -2.39. The summed E-state index contributed by atoms with van der Waals surface area (Å²) in [6.07, 6.45) is 6.98. The fourth-order valence-electron chi connectivity index (χ4n) is 3.55. The van der Waals surface area contributed by atoms with Crippen molar-refractivity contribution in [1.82, 2.24) is 15.1 Å². The van der Waals surface area contributed by atoms with Crippen molar-refractivity contribution in [1.29, 1.82) is 0 Å². The first-order chi connectivity index (χ1) is 9.70. The van der Waals surface area contributed by atoms with E-state index in [1.54, 1.807) is 0 Å². The molecule has 4 nitrogen and oxygen atoms in total. The average Bonchev–Trinajstić information content (AvgIpc) is 2.90. The van der Waals surface area contributed by atoms with Crippen LogP contribution in [-0.4, -0.2) is 61.5 Å². The highest BCUT2D eigenvalue weighted by Crippen LogP contribution is 2.21. The Hall–Kier alpha value is -0.610. The standard InChI is InChI=1S/C16H31N3O/c1-14-4-3-10-19(14)16(20)8-13-18-11-6-15(7-12-18)5-9-17-2/h14-15,17H,3-13H2,1-2H3. The number of nitrogens with zero attached hydrogens (tertiary/aromatic N) is 2. The number of hydrogen-bond acceptors (Lipinski definition) is 3. The normalized spacial score (nSPS) is 25.3. The first-order valence-electron chi connectivity index (χ1n) is 8.37. The minimum Gasteiger partial charge on any atom is -0.340 e. The third-order valence-electron chi connectivity index (χ3n) is 5.02. The molecule has 1 N–H and O–H groups in total. The van der Waals surface area contributed by atoms with Gasteiger partial charge in [-0.2, -0.15) is 0 Å². The minimum absolute atomic E-state index is 0.368. The van der Waals surface area contributed by atoms with Gasteiger partial charge in [-0.25, -0.2) is 0 Å². The molecule has 0 spiro atoms. The number of carbonyl (C=O) groups excluding carboxylic acids is 1. The van der Waals surface area contributed by atoms with Crippen molar-refractivity contribution in [3.05, 3.63) is 0 Å². The number of hydrogen-bond donors (Lipinski definition) is 1. The summed E-state index contributed by atoms with van der Waals surface area (Å²) in [7, 11) is 2.03. The van der Waals surface area contributed by atoms with E-state index < -0.39 is 0 Å². The van der Waals surface area contributed by atoms with Gasteiger partial charge in [0.1, 0.15) is 0 Å². The van der Waals surface area contributed by atoms with Crippen molar-refractivity contribution >= 4 is 5.91 Å². The zero-order valence-electron chi connectivity index (χ0n) is 13.2. The van der Waals surface area contributed by atoms with E-state index in [0.29, 0.717) is 18.4 Å². The van der Waals surface area contributed by atoms with Crippen LogP contribution in [0.3, 0.4) is 0 Å². The lowest BCUT2D eigenvalue weighted by molar-refractivity contribution is -0.132. The Bertz CT molecular complexity index is 300. The highest BCUT2D eigenvalue weighted by atomic mass is 16.2. The second kappa shape index (κ2) is 7.99. The fraction of sp³-hybridized carbons (Fsp3) is 0.938. The van der Waals surface area contributed by atoms with Gasteiger partial charge < -0.3 is 15.1 Å². The second-order valence-corrected chi connectivity index (χ2v) is 6.51. The van der Waals surface area contributed by atoms with Crippen LogP contribution >= 0.6 is 0 Å². The van der Waals surface area contributed by atoms with Crippen LogP contribution in [0.25, 0.3) is 0 Å². The van der Waals surface area contributed by atoms with Crippen LogP contribution in [0, 0.1) is 5.92 Å². The third kappa shape index (κ3) is 4.45. The summed E-state index contributed by atoms with van der Waals surface area (Å²) < 4.78 is 0. The lowest BCUT2D eigenvalue weighted by atomic mass is 9.93. The van der Waals surface area contributed by atoms with Crippen molar-refractivity contribution in [2.45, 2.75) is 51.5 Å². The molecule has 1 unspecified atom stereocenters. The van der Waals surface area contributed by atoms with Gasteiger partial charge in [-0.3, -0.25) is 4.79 Å². The number of carbonyl (C=O) groups is 1. The molecule has 0 radical (unpaired) electrons. The molecule has 0 saturated carbocycles. The largest absolute Gasteiger partial charge is 0.340 e. The van der Waals surface area contributed by atoms with Crippen molar-refractivity contribution in [2.75, 3.05) is 39.8 Å². The Kier molecular flexibility index (Phi) is 6.30. The molecule has 0 aliphatic carbocycles. The predicted molar refractivity (Wildman–Crippen MR) is 82.7 cm³/mol. The molecule has 2 aliphatic heterocycles. The number of likely N-dealkylation sites (tertiary alicyclic amines) is 2. The molecule has 4 heteroatoms. The van der Waals surface area contributed by atoms with Gasteiger partial charge in [0.2, 0.25) is 5.91 Å². The molecule has 116 valence electrons. The summed E-state index contributed by atoms with van der Waals surface area (Å²) >= 11 is 0. The quantitative estimate of drug-likeness (QED) is 0.805.